The minimum atomic E-state index is -0.612. The van der Waals surface area contributed by atoms with Crippen LogP contribution in [-0.2, 0) is 9.53 Å². The first kappa shape index (κ1) is 16.4. The fourth-order valence-electron chi connectivity index (χ4n) is 2.15. The van der Waals surface area contributed by atoms with E-state index in [1.165, 1.54) is 12.1 Å². The number of fused-ring (bicyclic) bond motifs is 1. The van der Waals surface area contributed by atoms with Crippen molar-refractivity contribution in [3.8, 4) is 0 Å². The van der Waals surface area contributed by atoms with E-state index in [9.17, 15) is 14.0 Å². The summed E-state index contributed by atoms with van der Waals surface area (Å²) < 4.78 is 19.2. The molecule has 0 spiro atoms. The van der Waals surface area contributed by atoms with Crippen molar-refractivity contribution in [3.05, 3.63) is 35.0 Å². The number of thiophene rings is 1. The van der Waals surface area contributed by atoms with Crippen LogP contribution in [-0.4, -0.2) is 24.5 Å². The lowest BCUT2D eigenvalue weighted by Crippen LogP contribution is -2.35. The molecule has 0 aliphatic heterocycles. The summed E-state index contributed by atoms with van der Waals surface area (Å²) in [5.41, 5.74) is 0. The Hall–Kier alpha value is -1.95. The lowest BCUT2D eigenvalue weighted by Gasteiger charge is -2.12. The number of esters is 1. The number of ether oxygens (including phenoxy) is 1. The van der Waals surface area contributed by atoms with E-state index in [1.54, 1.807) is 12.1 Å². The molecule has 1 aromatic heterocycles. The minimum absolute atomic E-state index is 0.0506. The van der Waals surface area contributed by atoms with Crippen molar-refractivity contribution >= 4 is 33.3 Å². The van der Waals surface area contributed by atoms with Gasteiger partial charge in [-0.25, -0.2) is 9.18 Å². The Bertz CT molecular complexity index is 683. The molecule has 2 rings (SSSR count). The number of benzene rings is 1. The van der Waals surface area contributed by atoms with E-state index < -0.39 is 5.97 Å². The van der Waals surface area contributed by atoms with Gasteiger partial charge in [-0.15, -0.1) is 11.3 Å². The molecule has 0 aliphatic rings. The van der Waals surface area contributed by atoms with Crippen molar-refractivity contribution in [1.29, 1.82) is 0 Å². The summed E-state index contributed by atoms with van der Waals surface area (Å²) in [4.78, 5) is 23.9. The Morgan fingerprint density at radius 3 is 2.86 bits per heavy atom. The second-order valence-corrected chi connectivity index (χ2v) is 6.18. The highest BCUT2D eigenvalue weighted by Gasteiger charge is 2.15. The van der Waals surface area contributed by atoms with E-state index in [1.807, 2.05) is 13.8 Å². The Kier molecular flexibility index (Phi) is 5.49. The van der Waals surface area contributed by atoms with Crippen molar-refractivity contribution in [1.82, 2.24) is 5.32 Å². The Morgan fingerprint density at radius 1 is 1.41 bits per heavy atom. The van der Waals surface area contributed by atoms with Gasteiger partial charge < -0.3 is 10.1 Å². The maximum absolute atomic E-state index is 13.6. The van der Waals surface area contributed by atoms with E-state index in [0.29, 0.717) is 10.1 Å². The van der Waals surface area contributed by atoms with E-state index >= 15 is 0 Å². The van der Waals surface area contributed by atoms with Gasteiger partial charge in [0.05, 0.1) is 0 Å². The lowest BCUT2D eigenvalue weighted by atomic mass is 10.2. The molecule has 4 nitrogen and oxygen atoms in total. The first-order valence-electron chi connectivity index (χ1n) is 7.15. The summed E-state index contributed by atoms with van der Waals surface area (Å²) in [6, 6.07) is 6.17. The molecule has 1 amide bonds. The predicted octanol–water partition coefficient (Wildman–Crippen LogP) is 3.50. The van der Waals surface area contributed by atoms with Gasteiger partial charge in [-0.1, -0.05) is 19.4 Å². The van der Waals surface area contributed by atoms with Gasteiger partial charge in [0.1, 0.15) is 10.7 Å². The van der Waals surface area contributed by atoms with Crippen LogP contribution in [0.3, 0.4) is 0 Å². The molecule has 1 aromatic carbocycles. The van der Waals surface area contributed by atoms with E-state index in [4.69, 9.17) is 4.74 Å². The standard InChI is InChI=1S/C16H18FNO3S/c1-3-5-10(2)18-15(19)9-21-16(20)14-8-11-12(17)6-4-7-13(11)22-14/h4,6-8,10H,3,5,9H2,1-2H3,(H,18,19)/t10-/m0/s1. The summed E-state index contributed by atoms with van der Waals surface area (Å²) in [7, 11) is 0. The second kappa shape index (κ2) is 7.35. The molecular weight excluding hydrogens is 305 g/mol. The first-order valence-corrected chi connectivity index (χ1v) is 7.97. The van der Waals surface area contributed by atoms with Crippen LogP contribution in [0.15, 0.2) is 24.3 Å². The molecule has 0 aliphatic carbocycles. The summed E-state index contributed by atoms with van der Waals surface area (Å²) in [5.74, 6) is -1.32. The highest BCUT2D eigenvalue weighted by Crippen LogP contribution is 2.27. The van der Waals surface area contributed by atoms with Gasteiger partial charge in [0.25, 0.3) is 5.91 Å². The van der Waals surface area contributed by atoms with Crippen molar-refractivity contribution in [2.24, 2.45) is 0 Å². The molecular formula is C16H18FNO3S. The van der Waals surface area contributed by atoms with Crippen LogP contribution < -0.4 is 5.32 Å². The molecule has 1 N–H and O–H groups in total. The molecule has 6 heteroatoms. The van der Waals surface area contributed by atoms with Crippen molar-refractivity contribution in [3.63, 3.8) is 0 Å². The third-order valence-corrected chi connectivity index (χ3v) is 4.25. The topological polar surface area (TPSA) is 55.4 Å². The van der Waals surface area contributed by atoms with Gasteiger partial charge in [0.15, 0.2) is 6.61 Å². The molecule has 118 valence electrons. The zero-order valence-electron chi connectivity index (χ0n) is 12.5. The van der Waals surface area contributed by atoms with E-state index in [0.717, 1.165) is 24.2 Å². The van der Waals surface area contributed by atoms with Crippen LogP contribution in [0.5, 0.6) is 0 Å². The summed E-state index contributed by atoms with van der Waals surface area (Å²) in [5, 5.41) is 3.14. The van der Waals surface area contributed by atoms with Gasteiger partial charge in [0, 0.05) is 16.1 Å². The quantitative estimate of drug-likeness (QED) is 0.828. The SMILES string of the molecule is CCC[C@H](C)NC(=O)COC(=O)c1cc2c(F)cccc2s1. The number of rotatable bonds is 6. The van der Waals surface area contributed by atoms with Crippen molar-refractivity contribution < 1.29 is 18.7 Å². The Balaban J connectivity index is 1.94. The largest absolute Gasteiger partial charge is 0.451 e. The molecule has 0 bridgehead atoms. The smallest absolute Gasteiger partial charge is 0.348 e. The maximum atomic E-state index is 13.6. The first-order chi connectivity index (χ1) is 10.5. The third kappa shape index (κ3) is 4.04. The molecule has 0 radical (unpaired) electrons. The van der Waals surface area contributed by atoms with Crippen LogP contribution >= 0.6 is 11.3 Å². The van der Waals surface area contributed by atoms with Crippen molar-refractivity contribution in [2.45, 2.75) is 32.7 Å². The maximum Gasteiger partial charge on any atom is 0.348 e. The minimum Gasteiger partial charge on any atom is -0.451 e. The van der Waals surface area contributed by atoms with Gasteiger partial charge >= 0.3 is 5.97 Å². The average Bonchev–Trinajstić information content (AvgIpc) is 2.90. The number of halogens is 1. The molecule has 0 saturated carbocycles. The fourth-order valence-corrected chi connectivity index (χ4v) is 3.12. The number of carbonyl (C=O) groups is 2. The van der Waals surface area contributed by atoms with Crippen LogP contribution in [0.1, 0.15) is 36.4 Å². The third-order valence-electron chi connectivity index (χ3n) is 3.17. The molecule has 2 aromatic rings. The summed E-state index contributed by atoms with van der Waals surface area (Å²) >= 11 is 1.15. The zero-order chi connectivity index (χ0) is 16.1. The summed E-state index contributed by atoms with van der Waals surface area (Å²) in [6.07, 6.45) is 1.84. The number of carbonyl (C=O) groups excluding carboxylic acids is 2. The Morgan fingerprint density at radius 2 is 2.18 bits per heavy atom. The van der Waals surface area contributed by atoms with E-state index in [2.05, 4.69) is 5.32 Å². The summed E-state index contributed by atoms with van der Waals surface area (Å²) in [6.45, 7) is 3.60. The van der Waals surface area contributed by atoms with Gasteiger partial charge in [0.2, 0.25) is 0 Å². The number of nitrogens with one attached hydrogen (secondary N) is 1. The average molecular weight is 323 g/mol. The number of amides is 1. The molecule has 0 unspecified atom stereocenters. The van der Waals surface area contributed by atoms with Gasteiger partial charge in [-0.3, -0.25) is 4.79 Å². The van der Waals surface area contributed by atoms with Crippen LogP contribution in [0.2, 0.25) is 0 Å². The molecule has 0 saturated heterocycles. The second-order valence-electron chi connectivity index (χ2n) is 5.10. The number of hydrogen-bond acceptors (Lipinski definition) is 4. The van der Waals surface area contributed by atoms with Crippen LogP contribution in [0, 0.1) is 5.82 Å². The Labute approximate surface area is 132 Å². The molecule has 1 heterocycles. The molecule has 1 atom stereocenters. The van der Waals surface area contributed by atoms with Crippen LogP contribution in [0.25, 0.3) is 10.1 Å². The lowest BCUT2D eigenvalue weighted by molar-refractivity contribution is -0.124. The normalized spacial score (nSPS) is 12.1. The zero-order valence-corrected chi connectivity index (χ0v) is 13.3. The van der Waals surface area contributed by atoms with Gasteiger partial charge in [-0.05, 0) is 31.5 Å². The predicted molar refractivity (Wildman–Crippen MR) is 84.6 cm³/mol. The van der Waals surface area contributed by atoms with Crippen LogP contribution in [0.4, 0.5) is 4.39 Å². The highest BCUT2D eigenvalue weighted by molar-refractivity contribution is 7.20. The van der Waals surface area contributed by atoms with Crippen molar-refractivity contribution in [2.75, 3.05) is 6.61 Å². The fraction of sp³-hybridized carbons (Fsp3) is 0.375. The molecule has 22 heavy (non-hydrogen) atoms. The number of hydrogen-bond donors (Lipinski definition) is 1. The highest BCUT2D eigenvalue weighted by atomic mass is 32.1. The monoisotopic (exact) mass is 323 g/mol. The van der Waals surface area contributed by atoms with Gasteiger partial charge in [-0.2, -0.15) is 0 Å². The molecule has 0 fully saturated rings. The van der Waals surface area contributed by atoms with E-state index in [-0.39, 0.29) is 29.3 Å².